The van der Waals surface area contributed by atoms with Crippen molar-refractivity contribution in [3.8, 4) is 0 Å². The first-order valence-electron chi connectivity index (χ1n) is 6.36. The maximum absolute atomic E-state index is 4.24. The highest BCUT2D eigenvalue weighted by Crippen LogP contribution is 2.18. The number of rotatable bonds is 6. The van der Waals surface area contributed by atoms with Gasteiger partial charge < -0.3 is 5.32 Å². The molecule has 1 atom stereocenters. The molecule has 1 N–H and O–H groups in total. The second-order valence-electron chi connectivity index (χ2n) is 4.44. The Hall–Kier alpha value is -1.68. The van der Waals surface area contributed by atoms with Crippen LogP contribution in [-0.2, 0) is 13.5 Å². The number of aromatic nitrogens is 3. The average molecular weight is 244 g/mol. The van der Waals surface area contributed by atoms with Gasteiger partial charge in [-0.3, -0.25) is 4.68 Å². The van der Waals surface area contributed by atoms with Gasteiger partial charge in [-0.2, -0.15) is 5.10 Å². The molecule has 0 saturated heterocycles. The Labute approximate surface area is 108 Å². The monoisotopic (exact) mass is 244 g/mol. The normalized spacial score (nSPS) is 12.6. The first kappa shape index (κ1) is 12.8. The van der Waals surface area contributed by atoms with Gasteiger partial charge in [-0.05, 0) is 25.5 Å². The summed E-state index contributed by atoms with van der Waals surface area (Å²) in [4.78, 5) is 4.24. The molecule has 2 aromatic rings. The topological polar surface area (TPSA) is 42.7 Å². The average Bonchev–Trinajstić information content (AvgIpc) is 2.81. The molecule has 0 radical (unpaired) electrons. The fraction of sp³-hybridized carbons (Fsp3) is 0.429. The van der Waals surface area contributed by atoms with E-state index < -0.39 is 0 Å². The van der Waals surface area contributed by atoms with E-state index in [1.807, 2.05) is 18.8 Å². The first-order valence-corrected chi connectivity index (χ1v) is 6.36. The van der Waals surface area contributed by atoms with E-state index in [0.29, 0.717) is 6.04 Å². The molecule has 0 amide bonds. The molecule has 0 saturated carbocycles. The molecule has 0 bridgehead atoms. The van der Waals surface area contributed by atoms with E-state index in [2.05, 4.69) is 45.7 Å². The summed E-state index contributed by atoms with van der Waals surface area (Å²) >= 11 is 0. The summed E-state index contributed by atoms with van der Waals surface area (Å²) in [7, 11) is 3.95. The summed E-state index contributed by atoms with van der Waals surface area (Å²) in [5.41, 5.74) is 1.35. The van der Waals surface area contributed by atoms with Crippen LogP contribution in [0.3, 0.4) is 0 Å². The Morgan fingerprint density at radius 1 is 1.28 bits per heavy atom. The second-order valence-corrected chi connectivity index (χ2v) is 4.44. The predicted molar refractivity (Wildman–Crippen MR) is 72.2 cm³/mol. The van der Waals surface area contributed by atoms with Gasteiger partial charge >= 0.3 is 0 Å². The maximum Gasteiger partial charge on any atom is 0.138 e. The lowest BCUT2D eigenvalue weighted by Crippen LogP contribution is -2.16. The molecule has 4 heteroatoms. The lowest BCUT2D eigenvalue weighted by Gasteiger charge is -2.16. The zero-order chi connectivity index (χ0) is 12.8. The van der Waals surface area contributed by atoms with Gasteiger partial charge in [0.05, 0.1) is 0 Å². The van der Waals surface area contributed by atoms with Crippen LogP contribution >= 0.6 is 0 Å². The van der Waals surface area contributed by atoms with Crippen molar-refractivity contribution in [3.05, 3.63) is 48.0 Å². The standard InChI is InChI=1S/C14H20N4/c1-15-13(12-7-4-3-5-8-12)9-6-10-14-16-11-17-18(14)2/h3-5,7-8,11,13,15H,6,9-10H2,1-2H3. The van der Waals surface area contributed by atoms with Gasteiger partial charge in [0.2, 0.25) is 0 Å². The van der Waals surface area contributed by atoms with Crippen molar-refractivity contribution >= 4 is 0 Å². The Morgan fingerprint density at radius 3 is 2.67 bits per heavy atom. The van der Waals surface area contributed by atoms with Crippen molar-refractivity contribution in [1.82, 2.24) is 20.1 Å². The molecule has 1 unspecified atom stereocenters. The molecule has 0 aliphatic heterocycles. The molecular weight excluding hydrogens is 224 g/mol. The molecule has 0 fully saturated rings. The third-order valence-electron chi connectivity index (χ3n) is 3.25. The van der Waals surface area contributed by atoms with E-state index in [0.717, 1.165) is 25.1 Å². The van der Waals surface area contributed by atoms with Gasteiger partial charge in [0.15, 0.2) is 0 Å². The minimum atomic E-state index is 0.416. The number of hydrogen-bond donors (Lipinski definition) is 1. The smallest absolute Gasteiger partial charge is 0.138 e. The molecule has 1 aromatic carbocycles. The van der Waals surface area contributed by atoms with Crippen LogP contribution in [0, 0.1) is 0 Å². The van der Waals surface area contributed by atoms with Crippen molar-refractivity contribution in [2.75, 3.05) is 7.05 Å². The van der Waals surface area contributed by atoms with Crippen molar-refractivity contribution in [1.29, 1.82) is 0 Å². The van der Waals surface area contributed by atoms with Gasteiger partial charge in [-0.15, -0.1) is 0 Å². The van der Waals surface area contributed by atoms with Crippen LogP contribution in [0.4, 0.5) is 0 Å². The minimum Gasteiger partial charge on any atom is -0.313 e. The third-order valence-corrected chi connectivity index (χ3v) is 3.25. The molecule has 4 nitrogen and oxygen atoms in total. The SMILES string of the molecule is CNC(CCCc1ncnn1C)c1ccccc1. The first-order chi connectivity index (χ1) is 8.81. The van der Waals surface area contributed by atoms with Crippen molar-refractivity contribution < 1.29 is 0 Å². The van der Waals surface area contributed by atoms with E-state index in [9.17, 15) is 0 Å². The highest BCUT2D eigenvalue weighted by atomic mass is 15.3. The molecule has 1 aromatic heterocycles. The summed E-state index contributed by atoms with van der Waals surface area (Å²) < 4.78 is 1.84. The van der Waals surface area contributed by atoms with Crippen molar-refractivity contribution in [2.24, 2.45) is 7.05 Å². The fourth-order valence-electron chi connectivity index (χ4n) is 2.17. The number of benzene rings is 1. The van der Waals surface area contributed by atoms with Crippen LogP contribution in [0.2, 0.25) is 0 Å². The van der Waals surface area contributed by atoms with Crippen LogP contribution < -0.4 is 5.32 Å². The Bertz CT molecular complexity index is 464. The van der Waals surface area contributed by atoms with Gasteiger partial charge in [-0.1, -0.05) is 30.3 Å². The second kappa shape index (κ2) is 6.31. The van der Waals surface area contributed by atoms with Gasteiger partial charge in [-0.25, -0.2) is 4.98 Å². The summed E-state index contributed by atoms with van der Waals surface area (Å²) in [6.07, 6.45) is 4.80. The highest BCUT2D eigenvalue weighted by molar-refractivity contribution is 5.18. The largest absolute Gasteiger partial charge is 0.313 e. The van der Waals surface area contributed by atoms with Crippen LogP contribution in [0.25, 0.3) is 0 Å². The van der Waals surface area contributed by atoms with Crippen molar-refractivity contribution in [3.63, 3.8) is 0 Å². The number of nitrogens with zero attached hydrogens (tertiary/aromatic N) is 3. The maximum atomic E-state index is 4.24. The zero-order valence-corrected chi connectivity index (χ0v) is 11.0. The van der Waals surface area contributed by atoms with Gasteiger partial charge in [0.1, 0.15) is 12.2 Å². The number of aryl methyl sites for hydroxylation is 2. The highest BCUT2D eigenvalue weighted by Gasteiger charge is 2.09. The molecule has 96 valence electrons. The van der Waals surface area contributed by atoms with E-state index in [-0.39, 0.29) is 0 Å². The minimum absolute atomic E-state index is 0.416. The Morgan fingerprint density at radius 2 is 2.06 bits per heavy atom. The summed E-state index contributed by atoms with van der Waals surface area (Å²) in [5.74, 6) is 1.05. The summed E-state index contributed by atoms with van der Waals surface area (Å²) in [6, 6.07) is 11.0. The molecule has 0 aliphatic rings. The van der Waals surface area contributed by atoms with Crippen LogP contribution in [-0.4, -0.2) is 21.8 Å². The quantitative estimate of drug-likeness (QED) is 0.846. The van der Waals surface area contributed by atoms with E-state index in [1.54, 1.807) is 6.33 Å². The molecule has 18 heavy (non-hydrogen) atoms. The summed E-state index contributed by atoms with van der Waals surface area (Å²) in [5, 5.41) is 7.45. The number of nitrogens with one attached hydrogen (secondary N) is 1. The molecule has 2 rings (SSSR count). The fourth-order valence-corrected chi connectivity index (χ4v) is 2.17. The van der Waals surface area contributed by atoms with E-state index in [4.69, 9.17) is 0 Å². The predicted octanol–water partition coefficient (Wildman–Crippen LogP) is 2.10. The van der Waals surface area contributed by atoms with Crippen LogP contribution in [0.1, 0.15) is 30.3 Å². The van der Waals surface area contributed by atoms with Crippen LogP contribution in [0.5, 0.6) is 0 Å². The van der Waals surface area contributed by atoms with Crippen molar-refractivity contribution in [2.45, 2.75) is 25.3 Å². The third kappa shape index (κ3) is 3.17. The lowest BCUT2D eigenvalue weighted by molar-refractivity contribution is 0.517. The lowest BCUT2D eigenvalue weighted by atomic mass is 10.0. The Balaban J connectivity index is 1.87. The Kier molecular flexibility index (Phi) is 4.47. The summed E-state index contributed by atoms with van der Waals surface area (Å²) in [6.45, 7) is 0. The molecule has 1 heterocycles. The number of hydrogen-bond acceptors (Lipinski definition) is 3. The molecule has 0 spiro atoms. The van der Waals surface area contributed by atoms with Gasteiger partial charge in [0.25, 0.3) is 0 Å². The van der Waals surface area contributed by atoms with Gasteiger partial charge in [0, 0.05) is 19.5 Å². The van der Waals surface area contributed by atoms with E-state index in [1.165, 1.54) is 5.56 Å². The molecular formula is C14H20N4. The zero-order valence-electron chi connectivity index (χ0n) is 11.0. The molecule has 0 aliphatic carbocycles. The van der Waals surface area contributed by atoms with Crippen LogP contribution in [0.15, 0.2) is 36.7 Å². The van der Waals surface area contributed by atoms with E-state index >= 15 is 0 Å².